The first-order chi connectivity index (χ1) is 9.90. The maximum absolute atomic E-state index is 11.7. The van der Waals surface area contributed by atoms with Crippen LogP contribution in [-0.4, -0.2) is 20.9 Å². The van der Waals surface area contributed by atoms with Gasteiger partial charge in [0.25, 0.3) is 11.7 Å². The second kappa shape index (κ2) is 5.28. The Morgan fingerprint density at radius 2 is 1.76 bits per heavy atom. The summed E-state index contributed by atoms with van der Waals surface area (Å²) in [6.07, 6.45) is 1.25. The average Bonchev–Trinajstić information content (AvgIpc) is 2.93. The minimum Gasteiger partial charge on any atom is -0.497 e. The number of nitro benzene ring substituents is 2. The summed E-state index contributed by atoms with van der Waals surface area (Å²) in [4.78, 5) is 31.2. The first kappa shape index (κ1) is 14.0. The minimum atomic E-state index is -1.08. The molecule has 0 saturated heterocycles. The summed E-state index contributed by atoms with van der Waals surface area (Å²) >= 11 is 0. The highest BCUT2D eigenvalue weighted by molar-refractivity contribution is 6.02. The summed E-state index contributed by atoms with van der Waals surface area (Å²) in [6.45, 7) is 0. The van der Waals surface area contributed by atoms with Gasteiger partial charge in [0, 0.05) is 12.1 Å². The first-order valence-electron chi connectivity index (χ1n) is 5.41. The van der Waals surface area contributed by atoms with E-state index in [-0.39, 0.29) is 11.4 Å². The highest BCUT2D eigenvalue weighted by Crippen LogP contribution is 2.38. The molecule has 0 aliphatic heterocycles. The number of nitrogens with zero attached hydrogens (tertiary/aromatic N) is 2. The third-order valence-corrected chi connectivity index (χ3v) is 2.47. The number of hydrogen-bond acceptors (Lipinski definition) is 7. The van der Waals surface area contributed by atoms with Crippen LogP contribution in [0.5, 0.6) is 5.75 Å². The van der Waals surface area contributed by atoms with E-state index in [0.29, 0.717) is 0 Å². The number of furan rings is 1. The van der Waals surface area contributed by atoms with Gasteiger partial charge in [-0.1, -0.05) is 0 Å². The summed E-state index contributed by atoms with van der Waals surface area (Å²) in [5.41, 5.74) is -1.99. The molecule has 21 heavy (non-hydrogen) atoms. The lowest BCUT2D eigenvalue weighted by molar-refractivity contribution is -0.395. The predicted octanol–water partition coefficient (Wildman–Crippen LogP) is 2.05. The van der Waals surface area contributed by atoms with E-state index in [1.54, 1.807) is 0 Å². The molecule has 108 valence electrons. The molecule has 0 radical (unpaired) electrons. The Kier molecular flexibility index (Phi) is 3.52. The zero-order chi connectivity index (χ0) is 15.6. The fraction of sp³-hybridized carbons (Fsp3) is 0. The van der Waals surface area contributed by atoms with E-state index < -0.39 is 32.9 Å². The molecular weight excluding hydrogens is 286 g/mol. The molecule has 0 bridgehead atoms. The fourth-order valence-corrected chi connectivity index (χ4v) is 1.56. The summed E-state index contributed by atoms with van der Waals surface area (Å²) < 4.78 is 4.82. The Hall–Kier alpha value is -3.43. The van der Waals surface area contributed by atoms with Gasteiger partial charge in [0.1, 0.15) is 0 Å². The van der Waals surface area contributed by atoms with Gasteiger partial charge in [-0.2, -0.15) is 0 Å². The van der Waals surface area contributed by atoms with Crippen molar-refractivity contribution in [1.29, 1.82) is 0 Å². The molecule has 0 unspecified atom stereocenters. The van der Waals surface area contributed by atoms with Crippen LogP contribution in [-0.2, 0) is 0 Å². The molecule has 10 nitrogen and oxygen atoms in total. The zero-order valence-electron chi connectivity index (χ0n) is 10.2. The Morgan fingerprint density at radius 1 is 1.19 bits per heavy atom. The monoisotopic (exact) mass is 293 g/mol. The van der Waals surface area contributed by atoms with Crippen LogP contribution in [0.4, 0.5) is 17.1 Å². The van der Waals surface area contributed by atoms with E-state index in [0.717, 1.165) is 12.1 Å². The Balaban J connectivity index is 2.42. The summed E-state index contributed by atoms with van der Waals surface area (Å²) in [7, 11) is 0. The van der Waals surface area contributed by atoms with Crippen molar-refractivity contribution in [2.45, 2.75) is 0 Å². The summed E-state index contributed by atoms with van der Waals surface area (Å²) in [5.74, 6) is -1.90. The average molecular weight is 293 g/mol. The number of nitro groups is 2. The van der Waals surface area contributed by atoms with Crippen molar-refractivity contribution in [2.75, 3.05) is 5.32 Å². The molecule has 0 atom stereocenters. The third-order valence-electron chi connectivity index (χ3n) is 2.47. The lowest BCUT2D eigenvalue weighted by Crippen LogP contribution is -2.11. The van der Waals surface area contributed by atoms with Gasteiger partial charge in [-0.3, -0.25) is 25.0 Å². The van der Waals surface area contributed by atoms with Crippen molar-refractivity contribution >= 4 is 23.0 Å². The molecule has 2 rings (SSSR count). The highest BCUT2D eigenvalue weighted by Gasteiger charge is 2.27. The van der Waals surface area contributed by atoms with Crippen LogP contribution in [0.3, 0.4) is 0 Å². The van der Waals surface area contributed by atoms with Gasteiger partial charge in [-0.25, -0.2) is 0 Å². The van der Waals surface area contributed by atoms with E-state index in [1.165, 1.54) is 18.4 Å². The van der Waals surface area contributed by atoms with Gasteiger partial charge >= 0.3 is 11.4 Å². The van der Waals surface area contributed by atoms with Crippen molar-refractivity contribution in [2.24, 2.45) is 0 Å². The minimum absolute atomic E-state index is 0.0756. The number of anilines is 1. The van der Waals surface area contributed by atoms with E-state index in [4.69, 9.17) is 4.42 Å². The van der Waals surface area contributed by atoms with Crippen molar-refractivity contribution < 1.29 is 24.2 Å². The van der Waals surface area contributed by atoms with Crippen molar-refractivity contribution in [1.82, 2.24) is 0 Å². The van der Waals surface area contributed by atoms with Gasteiger partial charge in [-0.05, 0) is 12.1 Å². The molecule has 0 spiro atoms. The summed E-state index contributed by atoms with van der Waals surface area (Å²) in [6, 6.07) is 4.42. The normalized spacial score (nSPS) is 10.1. The van der Waals surface area contributed by atoms with Crippen LogP contribution in [0.25, 0.3) is 0 Å². The topological polar surface area (TPSA) is 149 Å². The third kappa shape index (κ3) is 2.78. The highest BCUT2D eigenvalue weighted by atomic mass is 16.6. The molecule has 0 aliphatic carbocycles. The van der Waals surface area contributed by atoms with Crippen LogP contribution in [0, 0.1) is 20.2 Å². The molecular formula is C11H7N3O7. The second-order valence-electron chi connectivity index (χ2n) is 3.81. The zero-order valence-corrected chi connectivity index (χ0v) is 10.2. The number of phenols is 1. The molecule has 10 heteroatoms. The molecule has 0 saturated carbocycles. The number of phenolic OH excluding ortho intramolecular Hbond substituents is 1. The molecule has 0 fully saturated rings. The molecule has 2 aromatic rings. The van der Waals surface area contributed by atoms with E-state index in [1.807, 2.05) is 0 Å². The number of rotatable bonds is 4. The van der Waals surface area contributed by atoms with Crippen LogP contribution >= 0.6 is 0 Å². The van der Waals surface area contributed by atoms with Gasteiger partial charge in [0.15, 0.2) is 5.76 Å². The molecule has 0 aliphatic rings. The van der Waals surface area contributed by atoms with Crippen molar-refractivity contribution in [3.8, 4) is 5.75 Å². The quantitative estimate of drug-likeness (QED) is 0.497. The van der Waals surface area contributed by atoms with E-state index in [2.05, 4.69) is 5.32 Å². The molecule has 2 N–H and O–H groups in total. The summed E-state index contributed by atoms with van der Waals surface area (Å²) in [5, 5.41) is 33.2. The van der Waals surface area contributed by atoms with E-state index in [9.17, 15) is 30.1 Å². The number of hydrogen-bond donors (Lipinski definition) is 2. The molecule has 1 heterocycles. The predicted molar refractivity (Wildman–Crippen MR) is 68.1 cm³/mol. The van der Waals surface area contributed by atoms with Crippen LogP contribution in [0.15, 0.2) is 34.9 Å². The smallest absolute Gasteiger partial charge is 0.320 e. The van der Waals surface area contributed by atoms with Gasteiger partial charge in [0.2, 0.25) is 0 Å². The fourth-order valence-electron chi connectivity index (χ4n) is 1.56. The van der Waals surface area contributed by atoms with Gasteiger partial charge in [0.05, 0.1) is 21.8 Å². The van der Waals surface area contributed by atoms with Gasteiger partial charge < -0.3 is 14.8 Å². The Labute approximate surface area is 115 Å². The lowest BCUT2D eigenvalue weighted by Gasteiger charge is -2.04. The van der Waals surface area contributed by atoms with Crippen molar-refractivity contribution in [3.63, 3.8) is 0 Å². The number of benzene rings is 1. The standard InChI is InChI=1S/C11H7N3O7/c15-10-7(13(17)18)4-6(5-8(10)14(19)20)12-11(16)9-2-1-3-21-9/h1-5,15H,(H,12,16). The Morgan fingerprint density at radius 3 is 2.19 bits per heavy atom. The van der Waals surface area contributed by atoms with Crippen LogP contribution in [0.2, 0.25) is 0 Å². The second-order valence-corrected chi connectivity index (χ2v) is 3.81. The SMILES string of the molecule is O=C(Nc1cc([N+](=O)[O-])c(O)c([N+](=O)[O-])c1)c1ccco1. The number of amides is 1. The molecule has 1 aromatic carbocycles. The maximum atomic E-state index is 11.7. The number of nitrogens with one attached hydrogen (secondary N) is 1. The number of aromatic hydroxyl groups is 1. The maximum Gasteiger partial charge on any atom is 0.320 e. The van der Waals surface area contributed by atoms with E-state index >= 15 is 0 Å². The lowest BCUT2D eigenvalue weighted by atomic mass is 10.2. The van der Waals surface area contributed by atoms with Crippen LogP contribution < -0.4 is 5.32 Å². The van der Waals surface area contributed by atoms with Gasteiger partial charge in [-0.15, -0.1) is 0 Å². The number of carbonyl (C=O) groups is 1. The Bertz CT molecular complexity index is 688. The molecule has 1 aromatic heterocycles. The molecule has 1 amide bonds. The van der Waals surface area contributed by atoms with Crippen molar-refractivity contribution in [3.05, 3.63) is 56.5 Å². The first-order valence-corrected chi connectivity index (χ1v) is 5.41. The number of carbonyl (C=O) groups excluding carboxylic acids is 1. The van der Waals surface area contributed by atoms with Crippen LogP contribution in [0.1, 0.15) is 10.6 Å². The largest absolute Gasteiger partial charge is 0.497 e.